The number of oxazole rings is 1. The Labute approximate surface area is 83.2 Å². The normalized spacial score (nSPS) is 7.43. The molecule has 0 unspecified atom stereocenters. The van der Waals surface area contributed by atoms with Crippen LogP contribution in [0.15, 0.2) is 16.9 Å². The summed E-state index contributed by atoms with van der Waals surface area (Å²) in [6.07, 6.45) is 2.39. The zero-order valence-electron chi connectivity index (χ0n) is 2.96. The molecule has 4 heteroatoms. The molecule has 0 fully saturated rings. The van der Waals surface area contributed by atoms with Crippen LogP contribution in [0, 0.1) is 0 Å². The zero-order valence-corrected chi connectivity index (χ0v) is 2.96. The van der Waals surface area contributed by atoms with Crippen LogP contribution >= 0.6 is 0 Å². The molecule has 1 aromatic rings. The van der Waals surface area contributed by atoms with Crippen molar-refractivity contribution in [3.8, 4) is 6.08 Å². The van der Waals surface area contributed by atoms with Gasteiger partial charge >= 0.3 is 57.5 Å². The van der Waals surface area contributed by atoms with Crippen LogP contribution in [-0.2, 0) is 0 Å². The second-order valence-corrected chi connectivity index (χ2v) is 0.815. The molecule has 0 saturated carbocycles. The molecule has 0 aliphatic carbocycles. The molecule has 0 radical (unpaired) electrons. The Kier molecular flexibility index (Phi) is 3.96. The van der Waals surface area contributed by atoms with Gasteiger partial charge in [-0.05, 0) is 0 Å². The SMILES string of the molecule is Oc1ncco1.[KH]. The van der Waals surface area contributed by atoms with Gasteiger partial charge in [-0.25, -0.2) is 0 Å². The molecule has 0 aliphatic heterocycles. The van der Waals surface area contributed by atoms with Gasteiger partial charge in [0.15, 0.2) is 0 Å². The molecule has 0 saturated heterocycles. The fraction of sp³-hybridized carbons (Fsp3) is 0. The quantitative estimate of drug-likeness (QED) is 0.485. The average Bonchev–Trinajstić information content (AvgIpc) is 1.86. The molecule has 0 aromatic carbocycles. The molecule has 0 bridgehead atoms. The standard InChI is InChI=1S/C3H3NO2.K.H/c5-3-4-1-2-6-3;;/h1-2H,(H,4,5);;. The van der Waals surface area contributed by atoms with Crippen LogP contribution < -0.4 is 0 Å². The summed E-state index contributed by atoms with van der Waals surface area (Å²) in [5, 5.41) is 8.19. The van der Waals surface area contributed by atoms with E-state index in [1.807, 2.05) is 0 Å². The Morgan fingerprint density at radius 1 is 1.71 bits per heavy atom. The molecular weight excluding hydrogens is 121 g/mol. The Balaban J connectivity index is 0.000000360. The molecule has 3 nitrogen and oxygen atoms in total. The van der Waals surface area contributed by atoms with E-state index in [0.717, 1.165) is 0 Å². The fourth-order valence-electron chi connectivity index (χ4n) is 0.216. The zero-order chi connectivity index (χ0) is 4.41. The van der Waals surface area contributed by atoms with E-state index in [0.29, 0.717) is 0 Å². The molecule has 1 N–H and O–H groups in total. The summed E-state index contributed by atoms with van der Waals surface area (Å²) >= 11 is 0. The number of hydrogen-bond donors (Lipinski definition) is 1. The summed E-state index contributed by atoms with van der Waals surface area (Å²) in [5.74, 6) is 0. The first-order chi connectivity index (χ1) is 2.89. The van der Waals surface area contributed by atoms with Gasteiger partial charge in [0.25, 0.3) is 0 Å². The van der Waals surface area contributed by atoms with E-state index in [9.17, 15) is 0 Å². The van der Waals surface area contributed by atoms with E-state index in [2.05, 4.69) is 9.40 Å². The third-order valence-electron chi connectivity index (χ3n) is 0.419. The van der Waals surface area contributed by atoms with Crippen LogP contribution in [-0.4, -0.2) is 61.5 Å². The van der Waals surface area contributed by atoms with Crippen LogP contribution in [0.1, 0.15) is 0 Å². The first kappa shape index (κ1) is 7.65. The average molecular weight is 125 g/mol. The van der Waals surface area contributed by atoms with Gasteiger partial charge in [0.1, 0.15) is 6.26 Å². The Morgan fingerprint density at radius 3 is 2.57 bits per heavy atom. The minimum absolute atomic E-state index is 0. The van der Waals surface area contributed by atoms with E-state index >= 15 is 0 Å². The third-order valence-corrected chi connectivity index (χ3v) is 0.419. The first-order valence-electron chi connectivity index (χ1n) is 1.48. The van der Waals surface area contributed by atoms with Crippen LogP contribution in [0.2, 0.25) is 0 Å². The van der Waals surface area contributed by atoms with Crippen LogP contribution in [0.5, 0.6) is 6.08 Å². The summed E-state index contributed by atoms with van der Waals surface area (Å²) in [4.78, 5) is 3.31. The van der Waals surface area contributed by atoms with Crippen molar-refractivity contribution in [2.45, 2.75) is 0 Å². The molecule has 0 aliphatic rings. The van der Waals surface area contributed by atoms with Crippen molar-refractivity contribution in [1.29, 1.82) is 0 Å². The van der Waals surface area contributed by atoms with Crippen molar-refractivity contribution in [1.82, 2.24) is 4.98 Å². The van der Waals surface area contributed by atoms with Gasteiger partial charge in [0.05, 0.1) is 6.20 Å². The molecule has 0 amide bonds. The Bertz CT molecular complexity index is 116. The van der Waals surface area contributed by atoms with E-state index < -0.39 is 0 Å². The molecule has 0 atom stereocenters. The van der Waals surface area contributed by atoms with Gasteiger partial charge in [-0.3, -0.25) is 0 Å². The van der Waals surface area contributed by atoms with Crippen LogP contribution in [0.3, 0.4) is 0 Å². The van der Waals surface area contributed by atoms with Crippen molar-refractivity contribution in [3.63, 3.8) is 0 Å². The second-order valence-electron chi connectivity index (χ2n) is 0.815. The molecule has 1 aromatic heterocycles. The summed E-state index contributed by atoms with van der Waals surface area (Å²) in [7, 11) is 0. The van der Waals surface area contributed by atoms with E-state index in [1.54, 1.807) is 0 Å². The predicted octanol–water partition coefficient (Wildman–Crippen LogP) is -0.268. The number of nitrogens with zero attached hydrogens (tertiary/aromatic N) is 1. The maximum atomic E-state index is 8.19. The number of aromatic nitrogens is 1. The van der Waals surface area contributed by atoms with E-state index in [4.69, 9.17) is 5.11 Å². The summed E-state index contributed by atoms with van der Waals surface area (Å²) in [6, 6.07) is 0. The van der Waals surface area contributed by atoms with Crippen LogP contribution in [0.4, 0.5) is 0 Å². The predicted molar refractivity (Wildman–Crippen MR) is 25.3 cm³/mol. The molecule has 1 rings (SSSR count). The monoisotopic (exact) mass is 125 g/mol. The van der Waals surface area contributed by atoms with Gasteiger partial charge < -0.3 is 9.52 Å². The summed E-state index contributed by atoms with van der Waals surface area (Å²) in [5.41, 5.74) is 0. The van der Waals surface area contributed by atoms with E-state index in [-0.39, 0.29) is 57.5 Å². The van der Waals surface area contributed by atoms with Gasteiger partial charge in [0.2, 0.25) is 0 Å². The first-order valence-corrected chi connectivity index (χ1v) is 1.48. The van der Waals surface area contributed by atoms with Gasteiger partial charge in [-0.1, -0.05) is 0 Å². The minimum atomic E-state index is -0.282. The Morgan fingerprint density at radius 2 is 2.43 bits per heavy atom. The number of aromatic hydroxyl groups is 1. The molecule has 1 heterocycles. The van der Waals surface area contributed by atoms with Crippen molar-refractivity contribution < 1.29 is 9.52 Å². The van der Waals surface area contributed by atoms with Gasteiger partial charge in [-0.15, -0.1) is 0 Å². The van der Waals surface area contributed by atoms with Gasteiger partial charge in [0, 0.05) is 0 Å². The molecule has 7 heavy (non-hydrogen) atoms. The van der Waals surface area contributed by atoms with Crippen molar-refractivity contribution >= 4 is 51.4 Å². The maximum absolute atomic E-state index is 8.19. The number of rotatable bonds is 0. The van der Waals surface area contributed by atoms with Crippen molar-refractivity contribution in [3.05, 3.63) is 12.5 Å². The molecule has 34 valence electrons. The topological polar surface area (TPSA) is 46.3 Å². The van der Waals surface area contributed by atoms with Crippen LogP contribution in [0.25, 0.3) is 0 Å². The molecular formula is C3H4KNO2. The second kappa shape index (κ2) is 3.62. The summed E-state index contributed by atoms with van der Waals surface area (Å²) in [6.45, 7) is 0. The number of hydrogen-bond acceptors (Lipinski definition) is 3. The fourth-order valence-corrected chi connectivity index (χ4v) is 0.216. The van der Waals surface area contributed by atoms with E-state index in [1.165, 1.54) is 12.5 Å². The van der Waals surface area contributed by atoms with Crippen molar-refractivity contribution in [2.24, 2.45) is 0 Å². The summed E-state index contributed by atoms with van der Waals surface area (Å²) < 4.78 is 4.28. The third kappa shape index (κ3) is 2.45. The Hall–Kier alpha value is 0.646. The van der Waals surface area contributed by atoms with Gasteiger partial charge in [-0.2, -0.15) is 4.98 Å². The van der Waals surface area contributed by atoms with Crippen molar-refractivity contribution in [2.75, 3.05) is 0 Å². The molecule has 0 spiro atoms.